The van der Waals surface area contributed by atoms with Gasteiger partial charge in [0, 0.05) is 55.5 Å². The van der Waals surface area contributed by atoms with Crippen LogP contribution in [-0.2, 0) is 20.7 Å². The van der Waals surface area contributed by atoms with Crippen molar-refractivity contribution in [3.8, 4) is 5.75 Å². The smallest absolute Gasteiger partial charge is 0.315 e. The van der Waals surface area contributed by atoms with Gasteiger partial charge in [0.15, 0.2) is 5.78 Å². The van der Waals surface area contributed by atoms with E-state index in [2.05, 4.69) is 11.9 Å². The van der Waals surface area contributed by atoms with E-state index in [4.69, 9.17) is 9.47 Å². The Bertz CT molecular complexity index is 1410. The molecule has 6 heteroatoms. The first-order chi connectivity index (χ1) is 19.4. The summed E-state index contributed by atoms with van der Waals surface area (Å²) in [6, 6.07) is 25.9. The Labute approximate surface area is 236 Å². The number of ketones is 1. The Kier molecular flexibility index (Phi) is 8.06. The van der Waals surface area contributed by atoms with E-state index >= 15 is 0 Å². The number of esters is 1. The summed E-state index contributed by atoms with van der Waals surface area (Å²) in [6.07, 6.45) is 1.66. The minimum Gasteiger partial charge on any atom is -0.497 e. The van der Waals surface area contributed by atoms with Crippen molar-refractivity contribution in [2.45, 2.75) is 31.1 Å². The monoisotopic (exact) mass is 536 g/mol. The number of nitrogens with one attached hydrogen (secondary N) is 1. The van der Waals surface area contributed by atoms with Gasteiger partial charge in [-0.3, -0.25) is 9.59 Å². The maximum absolute atomic E-state index is 13.9. The molecule has 3 aromatic carbocycles. The number of allylic oxidation sites excluding steroid dienone is 2. The number of hydrogen-bond donors (Lipinski definition) is 1. The van der Waals surface area contributed by atoms with Gasteiger partial charge in [-0.05, 0) is 53.3 Å². The number of rotatable bonds is 8. The van der Waals surface area contributed by atoms with Crippen molar-refractivity contribution in [3.05, 3.63) is 119 Å². The van der Waals surface area contributed by atoms with Crippen LogP contribution < -0.4 is 15.0 Å². The third-order valence-corrected chi connectivity index (χ3v) is 7.93. The summed E-state index contributed by atoms with van der Waals surface area (Å²) in [7, 11) is 5.61. The average Bonchev–Trinajstić information content (AvgIpc) is 2.97. The third kappa shape index (κ3) is 5.67. The second-order valence-corrected chi connectivity index (χ2v) is 10.7. The summed E-state index contributed by atoms with van der Waals surface area (Å²) in [6.45, 7) is 4.52. The molecule has 1 aliphatic carbocycles. The molecule has 206 valence electrons. The fraction of sp³-hybridized carbons (Fsp3) is 0.294. The maximum Gasteiger partial charge on any atom is 0.315 e. The van der Waals surface area contributed by atoms with Gasteiger partial charge >= 0.3 is 5.97 Å². The molecule has 1 N–H and O–H groups in total. The quantitative estimate of drug-likeness (QED) is 0.369. The number of carbonyl (C=O) groups is 2. The first-order valence-electron chi connectivity index (χ1n) is 13.7. The van der Waals surface area contributed by atoms with Crippen molar-refractivity contribution in [2.75, 3.05) is 32.7 Å². The molecule has 0 saturated carbocycles. The first kappa shape index (κ1) is 27.3. The average molecular weight is 537 g/mol. The van der Waals surface area contributed by atoms with Crippen LogP contribution in [0.4, 0.5) is 5.69 Å². The lowest BCUT2D eigenvalue weighted by molar-refractivity contribution is -0.147. The van der Waals surface area contributed by atoms with Gasteiger partial charge in [-0.1, -0.05) is 61.2 Å². The van der Waals surface area contributed by atoms with E-state index in [9.17, 15) is 9.59 Å². The summed E-state index contributed by atoms with van der Waals surface area (Å²) in [5.74, 6) is -0.680. The standard InChI is InChI=1S/C34H36N2O4/c1-22-31(34(38)40-19-18-23-8-6-5-7-9-23)32(25-10-14-27(15-11-25)36(2)3)33-29(35-22)20-26(21-30(33)37)24-12-16-28(39-4)17-13-24/h5-17,26,31-32,35H,1,18-21H2,2-4H3. The molecule has 0 aromatic heterocycles. The van der Waals surface area contributed by atoms with Crippen LogP contribution in [0.25, 0.3) is 0 Å². The molecular weight excluding hydrogens is 500 g/mol. The largest absolute Gasteiger partial charge is 0.497 e. The lowest BCUT2D eigenvalue weighted by Gasteiger charge is -2.40. The van der Waals surface area contributed by atoms with Crippen LogP contribution >= 0.6 is 0 Å². The fourth-order valence-electron chi connectivity index (χ4n) is 5.78. The molecule has 1 heterocycles. The van der Waals surface area contributed by atoms with Gasteiger partial charge in [0.25, 0.3) is 0 Å². The van der Waals surface area contributed by atoms with E-state index < -0.39 is 11.8 Å². The summed E-state index contributed by atoms with van der Waals surface area (Å²) in [5.41, 5.74) is 6.21. The highest BCUT2D eigenvalue weighted by atomic mass is 16.5. The van der Waals surface area contributed by atoms with Crippen molar-refractivity contribution in [2.24, 2.45) is 5.92 Å². The zero-order valence-electron chi connectivity index (χ0n) is 23.4. The van der Waals surface area contributed by atoms with Gasteiger partial charge in [-0.15, -0.1) is 0 Å². The Morgan fingerprint density at radius 2 is 1.62 bits per heavy atom. The minimum absolute atomic E-state index is 0.0311. The molecule has 3 unspecified atom stereocenters. The van der Waals surface area contributed by atoms with Crippen LogP contribution in [-0.4, -0.2) is 39.6 Å². The number of anilines is 1. The molecule has 6 nitrogen and oxygen atoms in total. The molecule has 40 heavy (non-hydrogen) atoms. The van der Waals surface area contributed by atoms with E-state index in [-0.39, 0.29) is 24.3 Å². The Balaban J connectivity index is 1.46. The molecule has 1 aliphatic heterocycles. The molecule has 0 amide bonds. The lowest BCUT2D eigenvalue weighted by Crippen LogP contribution is -2.42. The molecule has 0 bridgehead atoms. The SMILES string of the molecule is C=C1NC2=C(C(=O)CC(c3ccc(OC)cc3)C2)C(c2ccc(N(C)C)cc2)C1C(=O)OCCc1ccccc1. The normalized spacial score (nSPS) is 20.4. The molecule has 0 radical (unpaired) electrons. The first-order valence-corrected chi connectivity index (χ1v) is 13.7. The number of benzene rings is 3. The van der Waals surface area contributed by atoms with Crippen LogP contribution in [0.5, 0.6) is 5.75 Å². The van der Waals surface area contributed by atoms with Crippen LogP contribution in [0, 0.1) is 5.92 Å². The predicted octanol–water partition coefficient (Wildman–Crippen LogP) is 5.76. The van der Waals surface area contributed by atoms with Gasteiger partial charge in [-0.2, -0.15) is 0 Å². The number of hydrogen-bond acceptors (Lipinski definition) is 6. The molecule has 2 aliphatic rings. The van der Waals surface area contributed by atoms with Crippen molar-refractivity contribution >= 4 is 17.4 Å². The number of nitrogens with zero attached hydrogens (tertiary/aromatic N) is 1. The topological polar surface area (TPSA) is 67.9 Å². The summed E-state index contributed by atoms with van der Waals surface area (Å²) >= 11 is 0. The van der Waals surface area contributed by atoms with Crippen molar-refractivity contribution in [1.82, 2.24) is 5.32 Å². The highest BCUT2D eigenvalue weighted by Gasteiger charge is 2.45. The number of methoxy groups -OCH3 is 1. The molecule has 0 spiro atoms. The lowest BCUT2D eigenvalue weighted by atomic mass is 9.69. The number of carbonyl (C=O) groups excluding carboxylic acids is 2. The molecule has 5 rings (SSSR count). The molecule has 3 atom stereocenters. The van der Waals surface area contributed by atoms with E-state index in [1.54, 1.807) is 7.11 Å². The second kappa shape index (κ2) is 11.8. The van der Waals surface area contributed by atoms with Crippen LogP contribution in [0.15, 0.2) is 102 Å². The van der Waals surface area contributed by atoms with Crippen LogP contribution in [0.3, 0.4) is 0 Å². The fourth-order valence-corrected chi connectivity index (χ4v) is 5.78. The summed E-state index contributed by atoms with van der Waals surface area (Å²) < 4.78 is 11.1. The van der Waals surface area contributed by atoms with E-state index in [1.807, 2.05) is 97.9 Å². The van der Waals surface area contributed by atoms with Gasteiger partial charge in [0.2, 0.25) is 0 Å². The Morgan fingerprint density at radius 1 is 0.950 bits per heavy atom. The highest BCUT2D eigenvalue weighted by molar-refractivity contribution is 6.01. The minimum atomic E-state index is -0.707. The van der Waals surface area contributed by atoms with Gasteiger partial charge in [0.1, 0.15) is 11.7 Å². The molecule has 3 aromatic rings. The Hall–Kier alpha value is -4.32. The van der Waals surface area contributed by atoms with Gasteiger partial charge in [0.05, 0.1) is 13.7 Å². The van der Waals surface area contributed by atoms with Gasteiger partial charge < -0.3 is 19.7 Å². The summed E-state index contributed by atoms with van der Waals surface area (Å²) in [5, 5.41) is 3.37. The van der Waals surface area contributed by atoms with E-state index in [1.165, 1.54) is 0 Å². The zero-order valence-corrected chi connectivity index (χ0v) is 23.4. The molecular formula is C34H36N2O4. The maximum atomic E-state index is 13.9. The third-order valence-electron chi connectivity index (χ3n) is 7.93. The van der Waals surface area contributed by atoms with Gasteiger partial charge in [-0.25, -0.2) is 0 Å². The molecule has 0 saturated heterocycles. The van der Waals surface area contributed by atoms with Crippen LogP contribution in [0.1, 0.15) is 41.4 Å². The Morgan fingerprint density at radius 3 is 2.27 bits per heavy atom. The van der Waals surface area contributed by atoms with Crippen LogP contribution in [0.2, 0.25) is 0 Å². The van der Waals surface area contributed by atoms with Crippen molar-refractivity contribution in [1.29, 1.82) is 0 Å². The molecule has 0 fully saturated rings. The second-order valence-electron chi connectivity index (χ2n) is 10.7. The zero-order chi connectivity index (χ0) is 28.2. The van der Waals surface area contributed by atoms with E-state index in [0.29, 0.717) is 30.5 Å². The highest BCUT2D eigenvalue weighted by Crippen LogP contribution is 2.47. The number of Topliss-reactive ketones (excluding diaryl/α,β-unsaturated/α-hetero) is 1. The van der Waals surface area contributed by atoms with E-state index in [0.717, 1.165) is 33.8 Å². The number of ether oxygens (including phenoxy) is 2. The van der Waals surface area contributed by atoms with Crippen molar-refractivity contribution < 1.29 is 19.1 Å². The predicted molar refractivity (Wildman–Crippen MR) is 157 cm³/mol. The summed E-state index contributed by atoms with van der Waals surface area (Å²) in [4.78, 5) is 29.5. The van der Waals surface area contributed by atoms with Crippen molar-refractivity contribution in [3.63, 3.8) is 0 Å².